The van der Waals surface area contributed by atoms with E-state index in [0.29, 0.717) is 10.6 Å². The summed E-state index contributed by atoms with van der Waals surface area (Å²) in [5, 5.41) is 0.537. The van der Waals surface area contributed by atoms with Crippen LogP contribution in [0.5, 0.6) is 0 Å². The lowest BCUT2D eigenvalue weighted by Crippen LogP contribution is -2.29. The van der Waals surface area contributed by atoms with Crippen LogP contribution in [-0.4, -0.2) is 0 Å². The minimum absolute atomic E-state index is 0.139. The van der Waals surface area contributed by atoms with Crippen LogP contribution in [0.2, 0.25) is 5.02 Å². The summed E-state index contributed by atoms with van der Waals surface area (Å²) in [6, 6.07) is 7.83. The average molecular weight is 395 g/mol. The third kappa shape index (κ3) is 3.22. The number of hydrazine groups is 1. The van der Waals surface area contributed by atoms with Crippen LogP contribution in [-0.2, 0) is 0 Å². The van der Waals surface area contributed by atoms with Crippen LogP contribution in [0.1, 0.15) is 17.2 Å². The van der Waals surface area contributed by atoms with Crippen molar-refractivity contribution < 1.29 is 8.78 Å². The highest BCUT2D eigenvalue weighted by atomic mass is 127. The van der Waals surface area contributed by atoms with Crippen molar-refractivity contribution in [2.24, 2.45) is 5.84 Å². The summed E-state index contributed by atoms with van der Waals surface area (Å²) in [5.41, 5.74) is 3.28. The van der Waals surface area contributed by atoms with Gasteiger partial charge in [0.1, 0.15) is 11.6 Å². The van der Waals surface area contributed by atoms with E-state index in [1.165, 1.54) is 0 Å². The fraction of sp³-hybridized carbons (Fsp3) is 0.0769. The predicted octanol–water partition coefficient (Wildman–Crippen LogP) is 3.78. The van der Waals surface area contributed by atoms with Crippen LogP contribution >= 0.6 is 34.2 Å². The molecule has 19 heavy (non-hydrogen) atoms. The first kappa shape index (κ1) is 14.6. The van der Waals surface area contributed by atoms with Crippen molar-refractivity contribution in [3.8, 4) is 0 Å². The second-order valence-electron chi connectivity index (χ2n) is 3.94. The van der Waals surface area contributed by atoms with Gasteiger partial charge in [0.25, 0.3) is 0 Å². The van der Waals surface area contributed by atoms with Gasteiger partial charge in [0.2, 0.25) is 0 Å². The average Bonchev–Trinajstić information content (AvgIpc) is 2.38. The third-order valence-electron chi connectivity index (χ3n) is 2.71. The largest absolute Gasteiger partial charge is 0.271 e. The fourth-order valence-electron chi connectivity index (χ4n) is 1.79. The molecule has 100 valence electrons. The molecule has 0 bridgehead atoms. The molecule has 1 unspecified atom stereocenters. The number of nitrogens with one attached hydrogen (secondary N) is 1. The standard InChI is InChI=1S/C13H10ClF2IN2/c14-10-5-7(1-4-12(10)17)13(19-18)9-6-8(15)2-3-11(9)16/h1-6,13,19H,18H2. The number of hydrogen-bond donors (Lipinski definition) is 2. The van der Waals surface area contributed by atoms with Crippen molar-refractivity contribution in [2.75, 3.05) is 0 Å². The Morgan fingerprint density at radius 3 is 2.53 bits per heavy atom. The molecule has 0 aliphatic rings. The molecule has 0 saturated carbocycles. The topological polar surface area (TPSA) is 38.0 Å². The van der Waals surface area contributed by atoms with E-state index in [2.05, 4.69) is 28.0 Å². The smallest absolute Gasteiger partial charge is 0.128 e. The quantitative estimate of drug-likeness (QED) is 0.472. The SMILES string of the molecule is NNC(c1ccc(I)c(Cl)c1)c1cc(F)ccc1F. The molecular weight excluding hydrogens is 385 g/mol. The molecule has 1 atom stereocenters. The van der Waals surface area contributed by atoms with Crippen LogP contribution in [0.4, 0.5) is 8.78 Å². The van der Waals surface area contributed by atoms with Crippen LogP contribution in [0, 0.1) is 15.2 Å². The molecule has 0 spiro atoms. The number of halogens is 4. The number of hydrogen-bond acceptors (Lipinski definition) is 2. The molecular formula is C13H10ClF2IN2. The maximum Gasteiger partial charge on any atom is 0.128 e. The molecule has 3 N–H and O–H groups in total. The first-order valence-corrected chi connectivity index (χ1v) is 6.84. The highest BCUT2D eigenvalue weighted by Gasteiger charge is 2.18. The summed E-state index contributed by atoms with van der Waals surface area (Å²) in [5.74, 6) is 4.41. The fourth-order valence-corrected chi connectivity index (χ4v) is 2.32. The Hall–Kier alpha value is -0.760. The van der Waals surface area contributed by atoms with Crippen LogP contribution in [0.15, 0.2) is 36.4 Å². The van der Waals surface area contributed by atoms with Gasteiger partial charge < -0.3 is 0 Å². The van der Waals surface area contributed by atoms with Gasteiger partial charge >= 0.3 is 0 Å². The van der Waals surface area contributed by atoms with Gasteiger partial charge in [-0.3, -0.25) is 5.84 Å². The Bertz CT molecular complexity index is 607. The van der Waals surface area contributed by atoms with E-state index in [1.54, 1.807) is 18.2 Å². The van der Waals surface area contributed by atoms with E-state index in [4.69, 9.17) is 17.4 Å². The monoisotopic (exact) mass is 394 g/mol. The van der Waals surface area contributed by atoms with Crippen molar-refractivity contribution in [2.45, 2.75) is 6.04 Å². The van der Waals surface area contributed by atoms with Gasteiger partial charge in [-0.2, -0.15) is 0 Å². The van der Waals surface area contributed by atoms with Crippen LogP contribution in [0.25, 0.3) is 0 Å². The summed E-state index contributed by atoms with van der Waals surface area (Å²) < 4.78 is 27.9. The van der Waals surface area contributed by atoms with Gasteiger partial charge in [-0.25, -0.2) is 14.2 Å². The molecule has 2 nitrogen and oxygen atoms in total. The highest BCUT2D eigenvalue weighted by molar-refractivity contribution is 14.1. The zero-order chi connectivity index (χ0) is 14.0. The van der Waals surface area contributed by atoms with E-state index >= 15 is 0 Å². The highest BCUT2D eigenvalue weighted by Crippen LogP contribution is 2.28. The lowest BCUT2D eigenvalue weighted by atomic mass is 9.99. The second-order valence-corrected chi connectivity index (χ2v) is 5.51. The molecule has 0 saturated heterocycles. The van der Waals surface area contributed by atoms with Gasteiger partial charge in [-0.1, -0.05) is 17.7 Å². The van der Waals surface area contributed by atoms with E-state index in [0.717, 1.165) is 21.8 Å². The maximum absolute atomic E-state index is 13.8. The summed E-state index contributed by atoms with van der Waals surface area (Å²) in [7, 11) is 0. The van der Waals surface area contributed by atoms with E-state index in [1.807, 2.05) is 0 Å². The summed E-state index contributed by atoms with van der Waals surface area (Å²) in [6.45, 7) is 0. The molecule has 0 aliphatic carbocycles. The van der Waals surface area contributed by atoms with Crippen molar-refractivity contribution in [3.63, 3.8) is 0 Å². The molecule has 0 aromatic heterocycles. The van der Waals surface area contributed by atoms with Gasteiger partial charge in [-0.15, -0.1) is 0 Å². The zero-order valence-corrected chi connectivity index (χ0v) is 12.5. The molecule has 0 fully saturated rings. The molecule has 0 amide bonds. The Balaban J connectivity index is 2.49. The number of benzene rings is 2. The van der Waals surface area contributed by atoms with Crippen LogP contribution in [0.3, 0.4) is 0 Å². The minimum atomic E-state index is -0.662. The number of nitrogens with two attached hydrogens (primary N) is 1. The molecule has 2 aromatic carbocycles. The lowest BCUT2D eigenvalue weighted by molar-refractivity contribution is 0.545. The predicted molar refractivity (Wildman–Crippen MR) is 79.7 cm³/mol. The summed E-state index contributed by atoms with van der Waals surface area (Å²) >= 11 is 8.12. The van der Waals surface area contributed by atoms with Gasteiger partial charge in [0.05, 0.1) is 11.1 Å². The lowest BCUT2D eigenvalue weighted by Gasteiger charge is -2.18. The van der Waals surface area contributed by atoms with Crippen LogP contribution < -0.4 is 11.3 Å². The van der Waals surface area contributed by atoms with Gasteiger partial charge in [-0.05, 0) is 58.5 Å². The summed E-state index contributed by atoms with van der Waals surface area (Å²) in [6.07, 6.45) is 0. The Morgan fingerprint density at radius 2 is 1.89 bits per heavy atom. The van der Waals surface area contributed by atoms with Crippen molar-refractivity contribution >= 4 is 34.2 Å². The van der Waals surface area contributed by atoms with Crippen molar-refractivity contribution in [1.82, 2.24) is 5.43 Å². The number of rotatable bonds is 3. The van der Waals surface area contributed by atoms with E-state index in [-0.39, 0.29) is 5.56 Å². The minimum Gasteiger partial charge on any atom is -0.271 e. The maximum atomic E-state index is 13.8. The molecule has 2 rings (SSSR count). The van der Waals surface area contributed by atoms with E-state index in [9.17, 15) is 8.78 Å². The Kier molecular flexibility index (Phi) is 4.72. The van der Waals surface area contributed by atoms with Crippen molar-refractivity contribution in [1.29, 1.82) is 0 Å². The molecule has 0 heterocycles. The van der Waals surface area contributed by atoms with Gasteiger partial charge in [0.15, 0.2) is 0 Å². The molecule has 0 aliphatic heterocycles. The normalized spacial score (nSPS) is 12.5. The molecule has 6 heteroatoms. The first-order valence-electron chi connectivity index (χ1n) is 5.39. The van der Waals surface area contributed by atoms with Gasteiger partial charge in [0, 0.05) is 9.13 Å². The Labute approximate surface area is 128 Å². The first-order chi connectivity index (χ1) is 9.02. The van der Waals surface area contributed by atoms with Crippen molar-refractivity contribution in [3.05, 3.63) is 67.8 Å². The Morgan fingerprint density at radius 1 is 1.16 bits per heavy atom. The van der Waals surface area contributed by atoms with E-state index < -0.39 is 17.7 Å². The zero-order valence-electron chi connectivity index (χ0n) is 9.63. The summed E-state index contributed by atoms with van der Waals surface area (Å²) in [4.78, 5) is 0. The molecule has 2 aromatic rings. The third-order valence-corrected chi connectivity index (χ3v) is 4.28. The molecule has 0 radical (unpaired) electrons. The second kappa shape index (κ2) is 6.13.